The number of benzene rings is 1. The number of carboxylic acid groups (broad SMARTS) is 1. The molecule has 9 heteroatoms. The van der Waals surface area contributed by atoms with E-state index in [0.717, 1.165) is 50.4 Å². The van der Waals surface area contributed by atoms with E-state index in [1.165, 1.54) is 12.3 Å². The molecule has 192 valence electrons. The van der Waals surface area contributed by atoms with Gasteiger partial charge in [-0.05, 0) is 24.1 Å². The highest BCUT2D eigenvalue weighted by atomic mass is 16.5. The minimum Gasteiger partial charge on any atom is -0.493 e. The molecule has 2 aromatic rings. The van der Waals surface area contributed by atoms with Crippen LogP contribution in [0.4, 0.5) is 0 Å². The van der Waals surface area contributed by atoms with Gasteiger partial charge in [-0.1, -0.05) is 13.8 Å². The monoisotopic (exact) mass is 496 g/mol. The van der Waals surface area contributed by atoms with Crippen LogP contribution in [-0.2, 0) is 9.47 Å². The Morgan fingerprint density at radius 1 is 1.17 bits per heavy atom. The highest BCUT2D eigenvalue weighted by Crippen LogP contribution is 2.56. The largest absolute Gasteiger partial charge is 0.493 e. The smallest absolute Gasteiger partial charge is 0.341 e. The predicted molar refractivity (Wildman–Crippen MR) is 131 cm³/mol. The fourth-order valence-corrected chi connectivity index (χ4v) is 6.24. The highest BCUT2D eigenvalue weighted by molar-refractivity contribution is 5.88. The quantitative estimate of drug-likeness (QED) is 0.584. The Kier molecular flexibility index (Phi) is 5.44. The Labute approximate surface area is 209 Å². The number of hydrogen-bond acceptors (Lipinski definition) is 7. The number of pyridine rings is 1. The Bertz CT molecular complexity index is 1270. The van der Waals surface area contributed by atoms with E-state index >= 15 is 0 Å². The molecule has 3 saturated heterocycles. The standard InChI is InChI=1S/C27H32N2O7/c1-26(2)13-36-23-17-8-22(35-6-4-5-28-11-27(12-28)14-34-15-27)21(33-3)7-16(17)19-9-20(30)18(25(31)32)10-29(19)24(23)26/h7-10,23-24H,4-6,11-15H2,1-3H3,(H,31,32)/t23-,24+/m1/s1. The maximum Gasteiger partial charge on any atom is 0.341 e. The van der Waals surface area contributed by atoms with Crippen LogP contribution < -0.4 is 14.9 Å². The molecule has 9 nitrogen and oxygen atoms in total. The first-order valence-electron chi connectivity index (χ1n) is 12.5. The van der Waals surface area contributed by atoms with Gasteiger partial charge in [0.15, 0.2) is 16.9 Å². The van der Waals surface area contributed by atoms with Gasteiger partial charge in [-0.25, -0.2) is 4.79 Å². The minimum absolute atomic E-state index is 0.158. The maximum absolute atomic E-state index is 12.6. The summed E-state index contributed by atoms with van der Waals surface area (Å²) in [5, 5.41) is 9.56. The van der Waals surface area contributed by atoms with Gasteiger partial charge in [0, 0.05) is 48.3 Å². The Morgan fingerprint density at radius 2 is 1.94 bits per heavy atom. The van der Waals surface area contributed by atoms with Crippen molar-refractivity contribution in [1.29, 1.82) is 0 Å². The molecule has 5 heterocycles. The number of hydrogen-bond donors (Lipinski definition) is 1. The van der Waals surface area contributed by atoms with Crippen molar-refractivity contribution < 1.29 is 28.8 Å². The molecule has 1 spiro atoms. The SMILES string of the molecule is COc1cc2c(cc1OCCCN1CC3(COC3)C1)[C@H]1OCC(C)(C)[C@H]1n1cc(C(=O)O)c(=O)cc1-2. The first-order valence-corrected chi connectivity index (χ1v) is 12.5. The molecule has 4 aliphatic rings. The van der Waals surface area contributed by atoms with Gasteiger partial charge in [-0.3, -0.25) is 4.79 Å². The average Bonchev–Trinajstić information content (AvgIpc) is 3.11. The molecule has 1 N–H and O–H groups in total. The Balaban J connectivity index is 1.29. The van der Waals surface area contributed by atoms with Crippen LogP contribution in [0.2, 0.25) is 0 Å². The van der Waals surface area contributed by atoms with Crippen LogP contribution in [0.1, 0.15) is 48.3 Å². The van der Waals surface area contributed by atoms with Gasteiger partial charge in [0.25, 0.3) is 0 Å². The van der Waals surface area contributed by atoms with E-state index < -0.39 is 11.4 Å². The zero-order valence-corrected chi connectivity index (χ0v) is 20.9. The van der Waals surface area contributed by atoms with Crippen molar-refractivity contribution in [2.45, 2.75) is 32.4 Å². The van der Waals surface area contributed by atoms with E-state index in [0.29, 0.717) is 35.8 Å². The van der Waals surface area contributed by atoms with E-state index in [4.69, 9.17) is 18.9 Å². The number of methoxy groups -OCH3 is 1. The zero-order valence-electron chi connectivity index (χ0n) is 20.9. The van der Waals surface area contributed by atoms with Gasteiger partial charge in [0.2, 0.25) is 0 Å². The van der Waals surface area contributed by atoms with Crippen LogP contribution >= 0.6 is 0 Å². The third-order valence-corrected chi connectivity index (χ3v) is 8.06. The molecule has 0 unspecified atom stereocenters. The predicted octanol–water partition coefficient (Wildman–Crippen LogP) is 2.98. The van der Waals surface area contributed by atoms with Crippen LogP contribution in [0.3, 0.4) is 0 Å². The molecule has 4 aliphatic heterocycles. The number of carbonyl (C=O) groups is 1. The van der Waals surface area contributed by atoms with Crippen LogP contribution in [0.5, 0.6) is 11.5 Å². The fraction of sp³-hybridized carbons (Fsp3) is 0.556. The number of likely N-dealkylation sites (tertiary alicyclic amines) is 1. The van der Waals surface area contributed by atoms with Crippen molar-refractivity contribution in [3.63, 3.8) is 0 Å². The Morgan fingerprint density at radius 3 is 2.61 bits per heavy atom. The second-order valence-electron chi connectivity index (χ2n) is 11.3. The van der Waals surface area contributed by atoms with E-state index in [-0.39, 0.29) is 23.1 Å². The van der Waals surface area contributed by atoms with Crippen molar-refractivity contribution in [2.24, 2.45) is 10.8 Å². The van der Waals surface area contributed by atoms with Crippen LogP contribution in [0.15, 0.2) is 29.2 Å². The zero-order chi connectivity index (χ0) is 25.2. The summed E-state index contributed by atoms with van der Waals surface area (Å²) in [6.07, 6.45) is 2.08. The lowest BCUT2D eigenvalue weighted by Gasteiger charge is -2.55. The third kappa shape index (κ3) is 3.64. The average molecular weight is 497 g/mol. The lowest BCUT2D eigenvalue weighted by molar-refractivity contribution is -0.189. The molecule has 6 rings (SSSR count). The number of rotatable bonds is 7. The molecule has 0 saturated carbocycles. The summed E-state index contributed by atoms with van der Waals surface area (Å²) in [4.78, 5) is 26.8. The van der Waals surface area contributed by atoms with Crippen LogP contribution in [0.25, 0.3) is 11.3 Å². The van der Waals surface area contributed by atoms with Crippen LogP contribution in [-0.4, -0.2) is 73.7 Å². The summed E-state index contributed by atoms with van der Waals surface area (Å²) in [7, 11) is 1.59. The van der Waals surface area contributed by atoms with Crippen LogP contribution in [0, 0.1) is 10.8 Å². The molecular weight excluding hydrogens is 464 g/mol. The number of fused-ring (bicyclic) bond motifs is 6. The first-order chi connectivity index (χ1) is 17.2. The lowest BCUT2D eigenvalue weighted by Crippen LogP contribution is -2.65. The summed E-state index contributed by atoms with van der Waals surface area (Å²) in [5.74, 6) is -0.0147. The maximum atomic E-state index is 12.6. The number of ether oxygens (including phenoxy) is 4. The topological polar surface area (TPSA) is 99.5 Å². The normalized spacial score (nSPS) is 24.8. The second kappa shape index (κ2) is 8.33. The van der Waals surface area contributed by atoms with E-state index in [9.17, 15) is 14.7 Å². The number of nitrogens with zero attached hydrogens (tertiary/aromatic N) is 2. The molecule has 0 aliphatic carbocycles. The molecule has 36 heavy (non-hydrogen) atoms. The van der Waals surface area contributed by atoms with Gasteiger partial charge >= 0.3 is 5.97 Å². The summed E-state index contributed by atoms with van der Waals surface area (Å²) in [5.41, 5.74) is 1.78. The molecule has 2 atom stereocenters. The third-order valence-electron chi connectivity index (χ3n) is 8.06. The highest BCUT2D eigenvalue weighted by Gasteiger charge is 2.50. The van der Waals surface area contributed by atoms with Gasteiger partial charge in [-0.15, -0.1) is 0 Å². The van der Waals surface area contributed by atoms with E-state index in [1.807, 2.05) is 16.7 Å². The molecule has 3 fully saturated rings. The minimum atomic E-state index is -1.23. The Hall–Kier alpha value is -2.88. The van der Waals surface area contributed by atoms with Gasteiger partial charge < -0.3 is 33.5 Å². The van der Waals surface area contributed by atoms with Crippen molar-refractivity contribution >= 4 is 5.97 Å². The number of carboxylic acids is 1. The molecule has 0 amide bonds. The summed E-state index contributed by atoms with van der Waals surface area (Å²) < 4.78 is 25.4. The molecule has 0 radical (unpaired) electrons. The van der Waals surface area contributed by atoms with Crippen molar-refractivity contribution in [3.05, 3.63) is 45.7 Å². The lowest BCUT2D eigenvalue weighted by atomic mass is 9.78. The number of aromatic carboxylic acids is 1. The van der Waals surface area contributed by atoms with Gasteiger partial charge in [0.1, 0.15) is 11.7 Å². The second-order valence-corrected chi connectivity index (χ2v) is 11.3. The summed E-state index contributed by atoms with van der Waals surface area (Å²) in [6.45, 7) is 10.2. The van der Waals surface area contributed by atoms with Crippen molar-refractivity contribution in [2.75, 3.05) is 53.2 Å². The molecule has 0 bridgehead atoms. The summed E-state index contributed by atoms with van der Waals surface area (Å²) >= 11 is 0. The number of aromatic nitrogens is 1. The van der Waals surface area contributed by atoms with Crippen molar-refractivity contribution in [3.8, 4) is 22.8 Å². The molecule has 1 aromatic carbocycles. The van der Waals surface area contributed by atoms with E-state index in [1.54, 1.807) is 7.11 Å². The fourth-order valence-electron chi connectivity index (χ4n) is 6.24. The van der Waals surface area contributed by atoms with Gasteiger partial charge in [-0.2, -0.15) is 0 Å². The van der Waals surface area contributed by atoms with Gasteiger partial charge in [0.05, 0.1) is 45.3 Å². The van der Waals surface area contributed by atoms with E-state index in [2.05, 4.69) is 18.7 Å². The first kappa shape index (κ1) is 23.5. The molecule has 1 aromatic heterocycles. The molecular formula is C27H32N2O7. The summed E-state index contributed by atoms with van der Waals surface area (Å²) in [6, 6.07) is 5.10. The van der Waals surface area contributed by atoms with Crippen molar-refractivity contribution in [1.82, 2.24) is 9.47 Å².